The van der Waals surface area contributed by atoms with Gasteiger partial charge < -0.3 is 10.4 Å². The van der Waals surface area contributed by atoms with Gasteiger partial charge in [-0.15, -0.1) is 0 Å². The monoisotopic (exact) mass is 311 g/mol. The summed E-state index contributed by atoms with van der Waals surface area (Å²) in [4.78, 5) is 11.5. The number of nitrogens with one attached hydrogen (secondary N) is 1. The van der Waals surface area contributed by atoms with Crippen molar-refractivity contribution in [2.24, 2.45) is 0 Å². The van der Waals surface area contributed by atoms with Crippen LogP contribution < -0.4 is 5.32 Å². The molecule has 0 saturated heterocycles. The van der Waals surface area contributed by atoms with Crippen molar-refractivity contribution in [1.82, 2.24) is 5.32 Å². The summed E-state index contributed by atoms with van der Waals surface area (Å²) in [5, 5.41) is 11.8. The zero-order chi connectivity index (χ0) is 13.4. The maximum Gasteiger partial charge on any atom is 0.243 e. The Hall–Kier alpha value is -1.13. The summed E-state index contributed by atoms with van der Waals surface area (Å²) in [6, 6.07) is 7.71. The molecule has 3 nitrogen and oxygen atoms in total. The normalized spacial score (nSPS) is 12.6. The van der Waals surface area contributed by atoms with E-state index in [1.54, 1.807) is 13.0 Å². The van der Waals surface area contributed by atoms with Crippen LogP contribution in [0, 0.1) is 0 Å². The van der Waals surface area contributed by atoms with Crippen molar-refractivity contribution in [2.45, 2.75) is 25.9 Å². The number of rotatable bonds is 6. The molecule has 1 unspecified atom stereocenters. The van der Waals surface area contributed by atoms with Crippen molar-refractivity contribution in [2.75, 3.05) is 6.54 Å². The highest BCUT2D eigenvalue weighted by Gasteiger charge is 1.98. The van der Waals surface area contributed by atoms with Gasteiger partial charge in [0.05, 0.1) is 6.10 Å². The van der Waals surface area contributed by atoms with E-state index in [1.807, 2.05) is 24.3 Å². The van der Waals surface area contributed by atoms with Gasteiger partial charge in [-0.1, -0.05) is 34.1 Å². The van der Waals surface area contributed by atoms with Gasteiger partial charge in [-0.25, -0.2) is 0 Å². The number of hydrogen-bond donors (Lipinski definition) is 2. The van der Waals surface area contributed by atoms with Crippen LogP contribution in [-0.2, 0) is 4.79 Å². The van der Waals surface area contributed by atoms with Crippen molar-refractivity contribution in [3.05, 3.63) is 40.4 Å². The lowest BCUT2D eigenvalue weighted by atomic mass is 10.2. The van der Waals surface area contributed by atoms with Crippen LogP contribution in [0.3, 0.4) is 0 Å². The fourth-order valence-electron chi connectivity index (χ4n) is 1.44. The van der Waals surface area contributed by atoms with Crippen LogP contribution in [0.4, 0.5) is 0 Å². The molecule has 1 aromatic carbocycles. The Balaban J connectivity index is 2.34. The molecule has 1 rings (SSSR count). The zero-order valence-electron chi connectivity index (χ0n) is 10.4. The maximum absolute atomic E-state index is 11.5. The van der Waals surface area contributed by atoms with Crippen LogP contribution >= 0.6 is 15.9 Å². The van der Waals surface area contributed by atoms with Gasteiger partial charge in [-0.2, -0.15) is 0 Å². The third-order valence-corrected chi connectivity index (χ3v) is 3.14. The molecular formula is C14H18BrNO2. The minimum Gasteiger partial charge on any atom is -0.393 e. The van der Waals surface area contributed by atoms with E-state index in [0.29, 0.717) is 13.0 Å². The summed E-state index contributed by atoms with van der Waals surface area (Å²) in [5.74, 6) is -0.114. The largest absolute Gasteiger partial charge is 0.393 e. The molecule has 0 spiro atoms. The summed E-state index contributed by atoms with van der Waals surface area (Å²) in [5.41, 5.74) is 0.969. The molecule has 0 aromatic heterocycles. The lowest BCUT2D eigenvalue weighted by Crippen LogP contribution is -2.22. The van der Waals surface area contributed by atoms with Gasteiger partial charge in [0.25, 0.3) is 0 Å². The molecule has 0 aliphatic heterocycles. The summed E-state index contributed by atoms with van der Waals surface area (Å²) < 4.78 is 0.961. The second-order valence-electron chi connectivity index (χ2n) is 4.14. The van der Waals surface area contributed by atoms with E-state index in [1.165, 1.54) is 6.08 Å². The fourth-order valence-corrected chi connectivity index (χ4v) is 1.86. The third-order valence-electron chi connectivity index (χ3n) is 2.42. The first kappa shape index (κ1) is 14.9. The van der Waals surface area contributed by atoms with Crippen molar-refractivity contribution >= 4 is 27.9 Å². The first-order chi connectivity index (χ1) is 8.59. The first-order valence-corrected chi connectivity index (χ1v) is 6.77. The number of aliphatic hydroxyl groups excluding tert-OH is 1. The van der Waals surface area contributed by atoms with E-state index in [9.17, 15) is 4.79 Å². The maximum atomic E-state index is 11.5. The highest BCUT2D eigenvalue weighted by molar-refractivity contribution is 9.10. The average Bonchev–Trinajstić information content (AvgIpc) is 2.33. The summed E-state index contributed by atoms with van der Waals surface area (Å²) in [6.45, 7) is 2.33. The highest BCUT2D eigenvalue weighted by atomic mass is 79.9. The predicted molar refractivity (Wildman–Crippen MR) is 77.1 cm³/mol. The molecule has 0 bridgehead atoms. The number of hydrogen-bond acceptors (Lipinski definition) is 2. The molecular weight excluding hydrogens is 294 g/mol. The number of halogens is 1. The molecule has 0 heterocycles. The molecule has 2 N–H and O–H groups in total. The molecule has 0 aliphatic rings. The second-order valence-corrected chi connectivity index (χ2v) is 4.99. The topological polar surface area (TPSA) is 49.3 Å². The van der Waals surface area contributed by atoms with Gasteiger partial charge in [-0.05, 0) is 37.5 Å². The molecule has 0 saturated carbocycles. The number of amides is 1. The lowest BCUT2D eigenvalue weighted by molar-refractivity contribution is -0.116. The van der Waals surface area contributed by atoms with Crippen LogP contribution in [-0.4, -0.2) is 23.7 Å². The Morgan fingerprint density at radius 1 is 1.50 bits per heavy atom. The highest BCUT2D eigenvalue weighted by Crippen LogP contribution is 2.16. The zero-order valence-corrected chi connectivity index (χ0v) is 12.0. The molecule has 1 aromatic rings. The van der Waals surface area contributed by atoms with Crippen LogP contribution in [0.15, 0.2) is 34.8 Å². The summed E-state index contributed by atoms with van der Waals surface area (Å²) in [7, 11) is 0. The lowest BCUT2D eigenvalue weighted by Gasteiger charge is -2.04. The molecule has 4 heteroatoms. The number of benzene rings is 1. The van der Waals surface area contributed by atoms with E-state index in [2.05, 4.69) is 21.2 Å². The fraction of sp³-hybridized carbons (Fsp3) is 0.357. The Bertz CT molecular complexity index is 416. The summed E-state index contributed by atoms with van der Waals surface area (Å²) in [6.07, 6.45) is 4.47. The van der Waals surface area contributed by atoms with Crippen molar-refractivity contribution in [1.29, 1.82) is 0 Å². The van der Waals surface area contributed by atoms with E-state index < -0.39 is 0 Å². The third kappa shape index (κ3) is 5.98. The minimum absolute atomic E-state index is 0.114. The molecule has 0 radical (unpaired) electrons. The molecule has 1 atom stereocenters. The van der Waals surface area contributed by atoms with Crippen LogP contribution in [0.25, 0.3) is 6.08 Å². The average molecular weight is 312 g/mol. The van der Waals surface area contributed by atoms with Gasteiger partial charge in [0.1, 0.15) is 0 Å². The van der Waals surface area contributed by atoms with Gasteiger partial charge in [0.2, 0.25) is 5.91 Å². The SMILES string of the molecule is CC(O)CCCNC(=O)/C=C/c1ccccc1Br. The first-order valence-electron chi connectivity index (χ1n) is 5.98. The Morgan fingerprint density at radius 2 is 2.22 bits per heavy atom. The molecule has 98 valence electrons. The van der Waals surface area contributed by atoms with Crippen molar-refractivity contribution in [3.8, 4) is 0 Å². The number of aliphatic hydroxyl groups is 1. The van der Waals surface area contributed by atoms with Crippen LogP contribution in [0.1, 0.15) is 25.3 Å². The van der Waals surface area contributed by atoms with E-state index in [-0.39, 0.29) is 12.0 Å². The molecule has 0 fully saturated rings. The Kier molecular flexibility index (Phi) is 6.68. The standard InChI is InChI=1S/C14H18BrNO2/c1-11(17)5-4-10-16-14(18)9-8-12-6-2-3-7-13(12)15/h2-3,6-9,11,17H,4-5,10H2,1H3,(H,16,18)/b9-8+. The second kappa shape index (κ2) is 8.06. The van der Waals surface area contributed by atoms with Gasteiger partial charge >= 0.3 is 0 Å². The smallest absolute Gasteiger partial charge is 0.243 e. The van der Waals surface area contributed by atoms with E-state index >= 15 is 0 Å². The summed E-state index contributed by atoms with van der Waals surface area (Å²) >= 11 is 3.42. The quantitative estimate of drug-likeness (QED) is 0.627. The van der Waals surface area contributed by atoms with Gasteiger partial charge in [0, 0.05) is 17.1 Å². The van der Waals surface area contributed by atoms with Gasteiger partial charge in [-0.3, -0.25) is 4.79 Å². The minimum atomic E-state index is -0.308. The van der Waals surface area contributed by atoms with E-state index in [0.717, 1.165) is 16.5 Å². The van der Waals surface area contributed by atoms with Crippen molar-refractivity contribution < 1.29 is 9.90 Å². The Morgan fingerprint density at radius 3 is 2.89 bits per heavy atom. The predicted octanol–water partition coefficient (Wildman–Crippen LogP) is 2.74. The van der Waals surface area contributed by atoms with Gasteiger partial charge in [0.15, 0.2) is 0 Å². The van der Waals surface area contributed by atoms with Crippen molar-refractivity contribution in [3.63, 3.8) is 0 Å². The van der Waals surface area contributed by atoms with E-state index in [4.69, 9.17) is 5.11 Å². The number of carbonyl (C=O) groups is 1. The number of carbonyl (C=O) groups excluding carboxylic acids is 1. The van der Waals surface area contributed by atoms with Crippen LogP contribution in [0.2, 0.25) is 0 Å². The van der Waals surface area contributed by atoms with Crippen LogP contribution in [0.5, 0.6) is 0 Å². The molecule has 0 aliphatic carbocycles. The molecule has 18 heavy (non-hydrogen) atoms. The Labute approximate surface area is 116 Å². The molecule has 1 amide bonds.